The summed E-state index contributed by atoms with van der Waals surface area (Å²) >= 11 is 0. The van der Waals surface area contributed by atoms with Crippen molar-refractivity contribution < 1.29 is 14.1 Å². The number of nitrogens with zero attached hydrogens (tertiary/aromatic N) is 1. The van der Waals surface area contributed by atoms with E-state index in [1.807, 2.05) is 6.08 Å². The maximum absolute atomic E-state index is 11.9. The average molecular weight is 221 g/mol. The van der Waals surface area contributed by atoms with Crippen LogP contribution in [0.25, 0.3) is 0 Å². The van der Waals surface area contributed by atoms with Crippen molar-refractivity contribution in [3.63, 3.8) is 0 Å². The number of furan rings is 1. The molecule has 0 radical (unpaired) electrons. The fourth-order valence-electron chi connectivity index (χ4n) is 1.75. The second kappa shape index (κ2) is 4.30. The van der Waals surface area contributed by atoms with E-state index in [0.29, 0.717) is 5.57 Å². The van der Waals surface area contributed by atoms with Crippen LogP contribution in [0, 0.1) is 10.1 Å². The molecule has 5 heteroatoms. The van der Waals surface area contributed by atoms with E-state index in [2.05, 4.69) is 0 Å². The SMILES string of the molecule is O=C(C1=CCCCC1)c1ccc([N+](=O)[O-])o1. The van der Waals surface area contributed by atoms with Crippen molar-refractivity contribution in [3.05, 3.63) is 39.7 Å². The summed E-state index contributed by atoms with van der Waals surface area (Å²) in [7, 11) is 0. The van der Waals surface area contributed by atoms with E-state index < -0.39 is 4.92 Å². The van der Waals surface area contributed by atoms with E-state index in [-0.39, 0.29) is 17.4 Å². The molecular weight excluding hydrogens is 210 g/mol. The monoisotopic (exact) mass is 221 g/mol. The zero-order valence-corrected chi connectivity index (χ0v) is 8.64. The fraction of sp³-hybridized carbons (Fsp3) is 0.364. The lowest BCUT2D eigenvalue weighted by molar-refractivity contribution is -0.402. The van der Waals surface area contributed by atoms with Crippen molar-refractivity contribution in [2.24, 2.45) is 0 Å². The number of nitro groups is 1. The third-order valence-corrected chi connectivity index (χ3v) is 2.58. The van der Waals surface area contributed by atoms with Crippen LogP contribution in [0.1, 0.15) is 36.2 Å². The Labute approximate surface area is 91.9 Å². The highest BCUT2D eigenvalue weighted by Gasteiger charge is 2.20. The Kier molecular flexibility index (Phi) is 2.85. The van der Waals surface area contributed by atoms with Crippen molar-refractivity contribution >= 4 is 11.7 Å². The maximum atomic E-state index is 11.9. The van der Waals surface area contributed by atoms with E-state index in [1.54, 1.807) is 0 Å². The van der Waals surface area contributed by atoms with Gasteiger partial charge in [0.1, 0.15) is 4.92 Å². The van der Waals surface area contributed by atoms with Gasteiger partial charge in [-0.05, 0) is 37.3 Å². The molecular formula is C11H11NO4. The van der Waals surface area contributed by atoms with E-state index in [0.717, 1.165) is 25.7 Å². The zero-order chi connectivity index (χ0) is 11.5. The first-order chi connectivity index (χ1) is 7.68. The highest BCUT2D eigenvalue weighted by Crippen LogP contribution is 2.24. The average Bonchev–Trinajstić information content (AvgIpc) is 2.78. The van der Waals surface area contributed by atoms with Crippen molar-refractivity contribution in [1.29, 1.82) is 0 Å². The number of carbonyl (C=O) groups excluding carboxylic acids is 1. The van der Waals surface area contributed by atoms with Gasteiger partial charge in [0.25, 0.3) is 0 Å². The van der Waals surface area contributed by atoms with Gasteiger partial charge in [-0.3, -0.25) is 14.9 Å². The van der Waals surface area contributed by atoms with Crippen LogP contribution >= 0.6 is 0 Å². The van der Waals surface area contributed by atoms with Gasteiger partial charge in [0.2, 0.25) is 5.78 Å². The van der Waals surface area contributed by atoms with Gasteiger partial charge in [-0.1, -0.05) is 6.08 Å². The van der Waals surface area contributed by atoms with Gasteiger partial charge in [-0.15, -0.1) is 0 Å². The largest absolute Gasteiger partial charge is 0.433 e. The van der Waals surface area contributed by atoms with Crippen molar-refractivity contribution in [3.8, 4) is 0 Å². The van der Waals surface area contributed by atoms with Gasteiger partial charge >= 0.3 is 5.88 Å². The third kappa shape index (κ3) is 2.03. The van der Waals surface area contributed by atoms with Crippen LogP contribution < -0.4 is 0 Å². The van der Waals surface area contributed by atoms with Gasteiger partial charge < -0.3 is 4.42 Å². The summed E-state index contributed by atoms with van der Waals surface area (Å²) in [5.74, 6) is -0.563. The van der Waals surface area contributed by atoms with Gasteiger partial charge in [-0.25, -0.2) is 0 Å². The molecule has 1 aromatic heterocycles. The molecule has 5 nitrogen and oxygen atoms in total. The molecule has 16 heavy (non-hydrogen) atoms. The van der Waals surface area contributed by atoms with Crippen LogP contribution in [0.5, 0.6) is 0 Å². The highest BCUT2D eigenvalue weighted by atomic mass is 16.6. The van der Waals surface area contributed by atoms with Crippen LogP contribution in [0.4, 0.5) is 5.88 Å². The molecule has 0 aliphatic heterocycles. The van der Waals surface area contributed by atoms with Crippen molar-refractivity contribution in [1.82, 2.24) is 0 Å². The molecule has 0 saturated carbocycles. The molecule has 0 N–H and O–H groups in total. The number of hydrogen-bond acceptors (Lipinski definition) is 4. The minimum absolute atomic E-state index is 0.0554. The molecule has 84 valence electrons. The Morgan fingerprint density at radius 3 is 2.75 bits per heavy atom. The predicted octanol–water partition coefficient (Wildman–Crippen LogP) is 2.87. The first-order valence-corrected chi connectivity index (χ1v) is 5.16. The maximum Gasteiger partial charge on any atom is 0.433 e. The summed E-state index contributed by atoms with van der Waals surface area (Å²) in [6, 6.07) is 2.56. The number of Topliss-reactive ketones (excluding diaryl/α,β-unsaturated/α-hetero) is 1. The Balaban J connectivity index is 2.20. The molecule has 0 amide bonds. The van der Waals surface area contributed by atoms with Crippen LogP contribution in [-0.4, -0.2) is 10.7 Å². The molecule has 0 unspecified atom stereocenters. The Hall–Kier alpha value is -1.91. The molecule has 0 spiro atoms. The van der Waals surface area contributed by atoms with E-state index in [1.165, 1.54) is 12.1 Å². The van der Waals surface area contributed by atoms with E-state index in [4.69, 9.17) is 4.42 Å². The fourth-order valence-corrected chi connectivity index (χ4v) is 1.75. The summed E-state index contributed by atoms with van der Waals surface area (Å²) in [4.78, 5) is 21.6. The predicted molar refractivity (Wildman–Crippen MR) is 56.2 cm³/mol. The molecule has 0 fully saturated rings. The lowest BCUT2D eigenvalue weighted by Gasteiger charge is -2.09. The van der Waals surface area contributed by atoms with E-state index in [9.17, 15) is 14.9 Å². The third-order valence-electron chi connectivity index (χ3n) is 2.58. The number of carbonyl (C=O) groups is 1. The highest BCUT2D eigenvalue weighted by molar-refractivity contribution is 6.06. The molecule has 1 aromatic rings. The van der Waals surface area contributed by atoms with Crippen LogP contribution in [-0.2, 0) is 0 Å². The number of ketones is 1. The summed E-state index contributed by atoms with van der Waals surface area (Å²) in [5.41, 5.74) is 0.704. The molecule has 0 aromatic carbocycles. The molecule has 1 aliphatic rings. The van der Waals surface area contributed by atoms with Crippen LogP contribution in [0.2, 0.25) is 0 Å². The smallest absolute Gasteiger partial charge is 0.397 e. The minimum Gasteiger partial charge on any atom is -0.397 e. The second-order valence-electron chi connectivity index (χ2n) is 3.70. The quantitative estimate of drug-likeness (QED) is 0.447. The molecule has 1 aliphatic carbocycles. The number of allylic oxidation sites excluding steroid dienone is 2. The molecule has 1 heterocycles. The summed E-state index contributed by atoms with van der Waals surface area (Å²) in [6.07, 6.45) is 5.59. The number of hydrogen-bond donors (Lipinski definition) is 0. The summed E-state index contributed by atoms with van der Waals surface area (Å²) < 4.78 is 4.87. The van der Waals surface area contributed by atoms with Crippen molar-refractivity contribution in [2.75, 3.05) is 0 Å². The van der Waals surface area contributed by atoms with E-state index >= 15 is 0 Å². The van der Waals surface area contributed by atoms with Crippen molar-refractivity contribution in [2.45, 2.75) is 25.7 Å². The summed E-state index contributed by atoms with van der Waals surface area (Å²) in [5, 5.41) is 10.4. The second-order valence-corrected chi connectivity index (χ2v) is 3.70. The first kappa shape index (κ1) is 10.6. The Morgan fingerprint density at radius 2 is 2.19 bits per heavy atom. The van der Waals surface area contributed by atoms with Gasteiger partial charge in [0, 0.05) is 0 Å². The molecule has 0 saturated heterocycles. The van der Waals surface area contributed by atoms with Crippen LogP contribution in [0.3, 0.4) is 0 Å². The molecule has 0 atom stereocenters. The first-order valence-electron chi connectivity index (χ1n) is 5.16. The minimum atomic E-state index is -0.647. The Morgan fingerprint density at radius 1 is 1.38 bits per heavy atom. The van der Waals surface area contributed by atoms with Gasteiger partial charge in [0.05, 0.1) is 6.07 Å². The molecule has 0 bridgehead atoms. The summed E-state index contributed by atoms with van der Waals surface area (Å²) in [6.45, 7) is 0. The van der Waals surface area contributed by atoms with Crippen LogP contribution in [0.15, 0.2) is 28.2 Å². The molecule has 2 rings (SSSR count). The topological polar surface area (TPSA) is 73.3 Å². The Bertz CT molecular complexity index is 458. The lowest BCUT2D eigenvalue weighted by atomic mass is 9.95. The van der Waals surface area contributed by atoms with Gasteiger partial charge in [-0.2, -0.15) is 0 Å². The standard InChI is InChI=1S/C11H11NO4/c13-11(8-4-2-1-3-5-8)9-6-7-10(16-9)12(14)15/h4,6-7H,1-3,5H2. The normalized spacial score (nSPS) is 15.6. The zero-order valence-electron chi connectivity index (χ0n) is 8.64. The van der Waals surface area contributed by atoms with Gasteiger partial charge in [0.15, 0.2) is 5.76 Å². The number of rotatable bonds is 3. The lowest BCUT2D eigenvalue weighted by Crippen LogP contribution is -2.05.